The van der Waals surface area contributed by atoms with Crippen molar-refractivity contribution in [1.82, 2.24) is 0 Å². The molecule has 1 fully saturated rings. The van der Waals surface area contributed by atoms with Gasteiger partial charge in [-0.1, -0.05) is 12.8 Å². The van der Waals surface area contributed by atoms with Crippen molar-refractivity contribution in [2.45, 2.75) is 37.8 Å². The Hall–Kier alpha value is 0.500. The van der Waals surface area contributed by atoms with Crippen LogP contribution in [-0.4, -0.2) is 12.1 Å². The second-order valence-electron chi connectivity index (χ2n) is 2.61. The van der Waals surface area contributed by atoms with Crippen molar-refractivity contribution in [3.8, 4) is 0 Å². The van der Waals surface area contributed by atoms with E-state index in [4.69, 9.17) is 11.5 Å². The molecule has 4 N–H and O–H groups in total. The maximum absolute atomic E-state index is 5.65. The van der Waals surface area contributed by atoms with Gasteiger partial charge < -0.3 is 11.5 Å². The fraction of sp³-hybridized carbons (Fsp3) is 1.00. The van der Waals surface area contributed by atoms with E-state index in [1.807, 2.05) is 0 Å². The molecule has 1 rings (SSSR count). The Labute approximate surface area is 74.5 Å². The monoisotopic (exact) mass is 186 g/mol. The molecule has 1 unspecified atom stereocenters. The van der Waals surface area contributed by atoms with E-state index in [2.05, 4.69) is 0 Å². The minimum absolute atomic E-state index is 0. The Bertz CT molecular complexity index is 70.1. The van der Waals surface area contributed by atoms with Gasteiger partial charge in [-0.05, 0) is 12.8 Å². The molecule has 4 heteroatoms. The third-order valence-corrected chi connectivity index (χ3v) is 1.87. The predicted molar refractivity (Wildman–Crippen MR) is 48.9 cm³/mol. The Kier molecular flexibility index (Phi) is 8.17. The van der Waals surface area contributed by atoms with Gasteiger partial charge in [0.2, 0.25) is 0 Å². The highest BCUT2D eigenvalue weighted by atomic mass is 35.5. The molecule has 0 aliphatic heterocycles. The maximum atomic E-state index is 5.65. The summed E-state index contributed by atoms with van der Waals surface area (Å²) in [5, 5.41) is 0. The van der Waals surface area contributed by atoms with Gasteiger partial charge in [-0.3, -0.25) is 0 Å². The van der Waals surface area contributed by atoms with Gasteiger partial charge in [-0.15, -0.1) is 24.8 Å². The number of hydrogen-bond acceptors (Lipinski definition) is 2. The fourth-order valence-corrected chi connectivity index (χ4v) is 1.19. The molecule has 2 atom stereocenters. The lowest BCUT2D eigenvalue weighted by Gasteiger charge is -2.24. The summed E-state index contributed by atoms with van der Waals surface area (Å²) < 4.78 is 0. The number of hydrogen-bond donors (Lipinski definition) is 2. The quantitative estimate of drug-likeness (QED) is 0.595. The van der Waals surface area contributed by atoms with Crippen molar-refractivity contribution in [3.05, 3.63) is 0 Å². The molecule has 0 bridgehead atoms. The minimum Gasteiger partial charge on any atom is -0.326 e. The summed E-state index contributed by atoms with van der Waals surface area (Å²) in [6, 6.07) is 0.562. The van der Waals surface area contributed by atoms with Crippen molar-refractivity contribution < 1.29 is 0 Å². The average molecular weight is 187 g/mol. The standard InChI is InChI=1S/C6H14N2.2ClH/c7-5-3-1-2-4-6(5)8;;/h5-6H,1-4,7-8H2;2*1H/t5-,6?;;/m0../s1. The smallest absolute Gasteiger partial charge is 0.0192 e. The first kappa shape index (κ1) is 13.1. The van der Waals surface area contributed by atoms with Crippen LogP contribution in [0.2, 0.25) is 0 Å². The summed E-state index contributed by atoms with van der Waals surface area (Å²) in [4.78, 5) is 0. The molecule has 1 saturated carbocycles. The Morgan fingerprint density at radius 2 is 1.10 bits per heavy atom. The number of nitrogens with two attached hydrogens (primary N) is 2. The maximum Gasteiger partial charge on any atom is 0.0192 e. The summed E-state index contributed by atoms with van der Waals surface area (Å²) in [7, 11) is 0. The van der Waals surface area contributed by atoms with Crippen LogP contribution in [-0.2, 0) is 0 Å². The van der Waals surface area contributed by atoms with Crippen LogP contribution in [0.3, 0.4) is 0 Å². The van der Waals surface area contributed by atoms with Crippen LogP contribution < -0.4 is 11.5 Å². The summed E-state index contributed by atoms with van der Waals surface area (Å²) in [6.07, 6.45) is 4.80. The van der Waals surface area contributed by atoms with Gasteiger partial charge in [0.1, 0.15) is 0 Å². The van der Waals surface area contributed by atoms with Gasteiger partial charge in [0.05, 0.1) is 0 Å². The Morgan fingerprint density at radius 3 is 1.30 bits per heavy atom. The first-order valence-electron chi connectivity index (χ1n) is 3.32. The second-order valence-corrected chi connectivity index (χ2v) is 2.61. The lowest BCUT2D eigenvalue weighted by molar-refractivity contribution is 0.385. The van der Waals surface area contributed by atoms with Crippen LogP contribution in [0.1, 0.15) is 25.7 Å². The van der Waals surface area contributed by atoms with Crippen LogP contribution >= 0.6 is 24.8 Å². The molecule has 0 spiro atoms. The van der Waals surface area contributed by atoms with E-state index in [9.17, 15) is 0 Å². The van der Waals surface area contributed by atoms with Crippen LogP contribution in [0.5, 0.6) is 0 Å². The predicted octanol–water partition coefficient (Wildman–Crippen LogP) is 1.06. The van der Waals surface area contributed by atoms with E-state index in [0.29, 0.717) is 0 Å². The number of rotatable bonds is 0. The third kappa shape index (κ3) is 3.62. The molecular weight excluding hydrogens is 171 g/mol. The molecule has 1 aliphatic carbocycles. The zero-order valence-corrected chi connectivity index (χ0v) is 7.59. The average Bonchev–Trinajstić information content (AvgIpc) is 1.77. The summed E-state index contributed by atoms with van der Waals surface area (Å²) >= 11 is 0. The van der Waals surface area contributed by atoms with E-state index >= 15 is 0 Å². The van der Waals surface area contributed by atoms with Crippen molar-refractivity contribution >= 4 is 24.8 Å². The molecule has 64 valence electrons. The molecule has 2 nitrogen and oxygen atoms in total. The van der Waals surface area contributed by atoms with E-state index in [-0.39, 0.29) is 36.9 Å². The fourth-order valence-electron chi connectivity index (χ4n) is 1.19. The van der Waals surface area contributed by atoms with Gasteiger partial charge in [-0.2, -0.15) is 0 Å². The molecule has 0 aromatic carbocycles. The van der Waals surface area contributed by atoms with Crippen molar-refractivity contribution in [3.63, 3.8) is 0 Å². The van der Waals surface area contributed by atoms with Gasteiger partial charge in [0.25, 0.3) is 0 Å². The van der Waals surface area contributed by atoms with Gasteiger partial charge in [0, 0.05) is 12.1 Å². The van der Waals surface area contributed by atoms with Crippen LogP contribution in [0.4, 0.5) is 0 Å². The Morgan fingerprint density at radius 1 is 0.800 bits per heavy atom. The normalized spacial score (nSPS) is 31.8. The SMILES string of the molecule is Cl.Cl.NC1CCCC[C@@H]1N. The first-order valence-corrected chi connectivity index (χ1v) is 3.32. The van der Waals surface area contributed by atoms with E-state index < -0.39 is 0 Å². The van der Waals surface area contributed by atoms with Crippen molar-refractivity contribution in [2.24, 2.45) is 11.5 Å². The second kappa shape index (κ2) is 6.23. The zero-order chi connectivity index (χ0) is 5.98. The zero-order valence-electron chi connectivity index (χ0n) is 5.95. The largest absolute Gasteiger partial charge is 0.326 e. The lowest BCUT2D eigenvalue weighted by Crippen LogP contribution is -2.43. The summed E-state index contributed by atoms with van der Waals surface area (Å²) in [5.74, 6) is 0. The first-order chi connectivity index (χ1) is 3.80. The summed E-state index contributed by atoms with van der Waals surface area (Å²) in [5.41, 5.74) is 11.3. The van der Waals surface area contributed by atoms with Crippen molar-refractivity contribution in [2.75, 3.05) is 0 Å². The molecule has 10 heavy (non-hydrogen) atoms. The van der Waals surface area contributed by atoms with E-state index in [1.54, 1.807) is 0 Å². The molecule has 0 aromatic rings. The molecular formula is C6H16Cl2N2. The molecule has 0 radical (unpaired) electrons. The summed E-state index contributed by atoms with van der Waals surface area (Å²) in [6.45, 7) is 0. The number of halogens is 2. The van der Waals surface area contributed by atoms with Gasteiger partial charge in [0.15, 0.2) is 0 Å². The van der Waals surface area contributed by atoms with Crippen LogP contribution in [0.15, 0.2) is 0 Å². The highest BCUT2D eigenvalue weighted by Gasteiger charge is 2.16. The molecule has 0 aromatic heterocycles. The van der Waals surface area contributed by atoms with Gasteiger partial charge >= 0.3 is 0 Å². The van der Waals surface area contributed by atoms with Gasteiger partial charge in [-0.25, -0.2) is 0 Å². The molecule has 1 aliphatic rings. The van der Waals surface area contributed by atoms with E-state index in [0.717, 1.165) is 12.8 Å². The third-order valence-electron chi connectivity index (χ3n) is 1.87. The van der Waals surface area contributed by atoms with Crippen molar-refractivity contribution in [1.29, 1.82) is 0 Å². The Balaban J connectivity index is 0. The molecule has 0 saturated heterocycles. The minimum atomic E-state index is 0. The lowest BCUT2D eigenvalue weighted by atomic mass is 9.92. The molecule has 0 amide bonds. The van der Waals surface area contributed by atoms with Crippen LogP contribution in [0, 0.1) is 0 Å². The topological polar surface area (TPSA) is 52.0 Å². The highest BCUT2D eigenvalue weighted by Crippen LogP contribution is 2.14. The van der Waals surface area contributed by atoms with Crippen LogP contribution in [0.25, 0.3) is 0 Å². The molecule has 0 heterocycles. The highest BCUT2D eigenvalue weighted by molar-refractivity contribution is 5.85. The van der Waals surface area contributed by atoms with E-state index in [1.165, 1.54) is 12.8 Å².